The molecule has 0 aromatic heterocycles. The minimum Gasteiger partial charge on any atom is -0.356 e. The van der Waals surface area contributed by atoms with E-state index in [1.807, 2.05) is 11.9 Å². The molecule has 1 atom stereocenters. The van der Waals surface area contributed by atoms with Crippen LogP contribution in [0.25, 0.3) is 0 Å². The lowest BCUT2D eigenvalue weighted by Gasteiger charge is -2.24. The van der Waals surface area contributed by atoms with Gasteiger partial charge >= 0.3 is 0 Å². The molecule has 0 radical (unpaired) electrons. The first-order chi connectivity index (χ1) is 13.4. The maximum absolute atomic E-state index is 11.9. The lowest BCUT2D eigenvalue weighted by Crippen LogP contribution is -2.41. The number of carbonyl (C=O) groups is 1. The Balaban J connectivity index is 1.62. The van der Waals surface area contributed by atoms with Gasteiger partial charge in [0.2, 0.25) is 5.91 Å². The standard InChI is InChI=1S/C23H36N4O/c1-23(2,3)13-8-14-25-22(24-4)27-17-18(19-9-5-6-10-20(19)27)12-16-26-15-7-11-21(26)28/h5-6,9-10,18H,7-8,11-17H2,1-4H3,(H,24,25). The van der Waals surface area contributed by atoms with E-state index in [1.54, 1.807) is 0 Å². The van der Waals surface area contributed by atoms with Crippen molar-refractivity contribution < 1.29 is 4.79 Å². The van der Waals surface area contributed by atoms with E-state index in [2.05, 4.69) is 60.2 Å². The number of hydrogen-bond donors (Lipinski definition) is 1. The Morgan fingerprint density at radius 3 is 2.75 bits per heavy atom. The number of fused-ring (bicyclic) bond motifs is 1. The highest BCUT2D eigenvalue weighted by Gasteiger charge is 2.32. The molecule has 154 valence electrons. The van der Waals surface area contributed by atoms with Crippen molar-refractivity contribution >= 4 is 17.6 Å². The molecule has 1 saturated heterocycles. The molecular weight excluding hydrogens is 348 g/mol. The van der Waals surface area contributed by atoms with Gasteiger partial charge in [0.15, 0.2) is 5.96 Å². The first-order valence-electron chi connectivity index (χ1n) is 10.7. The third-order valence-electron chi connectivity index (χ3n) is 5.84. The number of rotatable bonds is 6. The predicted molar refractivity (Wildman–Crippen MR) is 117 cm³/mol. The summed E-state index contributed by atoms with van der Waals surface area (Å²) in [6, 6.07) is 8.65. The number of carbonyl (C=O) groups excluding carboxylic acids is 1. The van der Waals surface area contributed by atoms with Gasteiger partial charge in [0.1, 0.15) is 0 Å². The normalized spacial score (nSPS) is 20.1. The van der Waals surface area contributed by atoms with E-state index in [1.165, 1.54) is 17.7 Å². The van der Waals surface area contributed by atoms with Crippen molar-refractivity contribution in [1.29, 1.82) is 0 Å². The van der Waals surface area contributed by atoms with Crippen LogP contribution in [-0.4, -0.2) is 50.0 Å². The molecule has 2 aliphatic heterocycles. The van der Waals surface area contributed by atoms with E-state index in [9.17, 15) is 4.79 Å². The number of amides is 1. The van der Waals surface area contributed by atoms with Gasteiger partial charge in [-0.15, -0.1) is 0 Å². The molecule has 1 aromatic carbocycles. The monoisotopic (exact) mass is 384 g/mol. The largest absolute Gasteiger partial charge is 0.356 e. The lowest BCUT2D eigenvalue weighted by molar-refractivity contribution is -0.127. The lowest BCUT2D eigenvalue weighted by atomic mass is 9.91. The van der Waals surface area contributed by atoms with E-state index in [0.717, 1.165) is 57.8 Å². The average Bonchev–Trinajstić information content (AvgIpc) is 3.23. The fourth-order valence-electron chi connectivity index (χ4n) is 4.31. The Morgan fingerprint density at radius 2 is 2.07 bits per heavy atom. The number of para-hydroxylation sites is 1. The Labute approximate surface area is 170 Å². The van der Waals surface area contributed by atoms with Crippen molar-refractivity contribution in [3.63, 3.8) is 0 Å². The Hall–Kier alpha value is -2.04. The fourth-order valence-corrected chi connectivity index (χ4v) is 4.31. The molecule has 1 unspecified atom stereocenters. The molecule has 28 heavy (non-hydrogen) atoms. The topological polar surface area (TPSA) is 47.9 Å². The van der Waals surface area contributed by atoms with Gasteiger partial charge in [0.05, 0.1) is 0 Å². The summed E-state index contributed by atoms with van der Waals surface area (Å²) in [6.07, 6.45) is 5.08. The van der Waals surface area contributed by atoms with Gasteiger partial charge in [-0.25, -0.2) is 0 Å². The number of nitrogens with zero attached hydrogens (tertiary/aromatic N) is 3. The molecule has 0 spiro atoms. The van der Waals surface area contributed by atoms with Crippen LogP contribution in [-0.2, 0) is 4.79 Å². The molecule has 5 heteroatoms. The van der Waals surface area contributed by atoms with Gasteiger partial charge in [0, 0.05) is 51.3 Å². The molecule has 2 heterocycles. The van der Waals surface area contributed by atoms with Crippen LogP contribution >= 0.6 is 0 Å². The number of anilines is 1. The molecule has 1 aromatic rings. The summed E-state index contributed by atoms with van der Waals surface area (Å²) in [4.78, 5) is 20.9. The summed E-state index contributed by atoms with van der Waals surface area (Å²) in [5, 5.41) is 3.56. The smallest absolute Gasteiger partial charge is 0.222 e. The van der Waals surface area contributed by atoms with E-state index in [4.69, 9.17) is 0 Å². The van der Waals surface area contributed by atoms with Gasteiger partial charge < -0.3 is 15.1 Å². The van der Waals surface area contributed by atoms with Crippen molar-refractivity contribution in [3.05, 3.63) is 29.8 Å². The van der Waals surface area contributed by atoms with E-state index in [-0.39, 0.29) is 0 Å². The Morgan fingerprint density at radius 1 is 1.29 bits per heavy atom. The third-order valence-corrected chi connectivity index (χ3v) is 5.84. The average molecular weight is 385 g/mol. The number of nitrogens with one attached hydrogen (secondary N) is 1. The Kier molecular flexibility index (Phi) is 6.63. The van der Waals surface area contributed by atoms with Crippen molar-refractivity contribution in [2.75, 3.05) is 38.1 Å². The van der Waals surface area contributed by atoms with Crippen LogP contribution in [0.5, 0.6) is 0 Å². The highest BCUT2D eigenvalue weighted by atomic mass is 16.2. The summed E-state index contributed by atoms with van der Waals surface area (Å²) in [6.45, 7) is 10.5. The van der Waals surface area contributed by atoms with Crippen molar-refractivity contribution in [2.24, 2.45) is 10.4 Å². The number of guanidine groups is 1. The van der Waals surface area contributed by atoms with Crippen LogP contribution < -0.4 is 10.2 Å². The van der Waals surface area contributed by atoms with Crippen LogP contribution in [0.15, 0.2) is 29.3 Å². The summed E-state index contributed by atoms with van der Waals surface area (Å²) in [7, 11) is 1.87. The molecule has 2 aliphatic rings. The number of likely N-dealkylation sites (tertiary alicyclic amines) is 1. The predicted octanol–water partition coefficient (Wildman–Crippen LogP) is 4.00. The second-order valence-corrected chi connectivity index (χ2v) is 9.28. The molecule has 0 saturated carbocycles. The van der Waals surface area contributed by atoms with E-state index < -0.39 is 0 Å². The zero-order valence-corrected chi connectivity index (χ0v) is 18.0. The maximum Gasteiger partial charge on any atom is 0.222 e. The van der Waals surface area contributed by atoms with Crippen LogP contribution in [0.4, 0.5) is 5.69 Å². The number of aliphatic imine (C=N–C) groups is 1. The third kappa shape index (κ3) is 5.06. The van der Waals surface area contributed by atoms with E-state index >= 15 is 0 Å². The van der Waals surface area contributed by atoms with Crippen LogP contribution in [0.1, 0.15) is 64.4 Å². The second-order valence-electron chi connectivity index (χ2n) is 9.28. The molecular formula is C23H36N4O. The summed E-state index contributed by atoms with van der Waals surface area (Å²) >= 11 is 0. The number of hydrogen-bond acceptors (Lipinski definition) is 2. The fraction of sp³-hybridized carbons (Fsp3) is 0.652. The van der Waals surface area contributed by atoms with Crippen molar-refractivity contribution in [2.45, 2.75) is 58.8 Å². The molecule has 5 nitrogen and oxygen atoms in total. The first kappa shape index (κ1) is 20.7. The molecule has 3 rings (SSSR count). The van der Waals surface area contributed by atoms with Gasteiger partial charge in [-0.2, -0.15) is 0 Å². The van der Waals surface area contributed by atoms with Gasteiger partial charge in [-0.05, 0) is 42.7 Å². The summed E-state index contributed by atoms with van der Waals surface area (Å²) < 4.78 is 0. The molecule has 0 bridgehead atoms. The second kappa shape index (κ2) is 8.97. The van der Waals surface area contributed by atoms with E-state index in [0.29, 0.717) is 17.2 Å². The zero-order valence-electron chi connectivity index (χ0n) is 18.0. The molecule has 1 N–H and O–H groups in total. The highest BCUT2D eigenvalue weighted by molar-refractivity contribution is 5.98. The molecule has 1 fully saturated rings. The number of benzene rings is 1. The van der Waals surface area contributed by atoms with Gasteiger partial charge in [-0.3, -0.25) is 9.79 Å². The molecule has 1 amide bonds. The van der Waals surface area contributed by atoms with Crippen molar-refractivity contribution in [1.82, 2.24) is 10.2 Å². The SMILES string of the molecule is CN=C(NCCCC(C)(C)C)N1CC(CCN2CCCC2=O)c2ccccc21. The first-order valence-corrected chi connectivity index (χ1v) is 10.7. The van der Waals surface area contributed by atoms with Crippen molar-refractivity contribution in [3.8, 4) is 0 Å². The van der Waals surface area contributed by atoms with Crippen LogP contribution in [0.2, 0.25) is 0 Å². The Bertz CT molecular complexity index is 707. The quantitative estimate of drug-likeness (QED) is 0.458. The van der Waals surface area contributed by atoms with Crippen LogP contribution in [0, 0.1) is 5.41 Å². The molecule has 0 aliphatic carbocycles. The van der Waals surface area contributed by atoms with Crippen LogP contribution in [0.3, 0.4) is 0 Å². The summed E-state index contributed by atoms with van der Waals surface area (Å²) in [5.41, 5.74) is 3.00. The maximum atomic E-state index is 11.9. The highest BCUT2D eigenvalue weighted by Crippen LogP contribution is 2.38. The zero-order chi connectivity index (χ0) is 20.1. The van der Waals surface area contributed by atoms with Gasteiger partial charge in [0.25, 0.3) is 0 Å². The minimum absolute atomic E-state index is 0.319. The van der Waals surface area contributed by atoms with Gasteiger partial charge in [-0.1, -0.05) is 39.0 Å². The summed E-state index contributed by atoms with van der Waals surface area (Å²) in [5.74, 6) is 1.72. The minimum atomic E-state index is 0.319.